The molecule has 19 heavy (non-hydrogen) atoms. The summed E-state index contributed by atoms with van der Waals surface area (Å²) in [5.41, 5.74) is 3.56. The van der Waals surface area contributed by atoms with Crippen LogP contribution in [0.4, 0.5) is 0 Å². The fourth-order valence-electron chi connectivity index (χ4n) is 2.20. The van der Waals surface area contributed by atoms with Crippen LogP contribution in [-0.4, -0.2) is 19.1 Å². The summed E-state index contributed by atoms with van der Waals surface area (Å²) in [6.07, 6.45) is 0.876. The highest BCUT2D eigenvalue weighted by Gasteiger charge is 2.16. The van der Waals surface area contributed by atoms with E-state index in [4.69, 9.17) is 4.74 Å². The molecule has 2 aromatic rings. The zero-order valence-electron chi connectivity index (χ0n) is 11.9. The van der Waals surface area contributed by atoms with Crippen LogP contribution in [0.25, 0.3) is 0 Å². The average molecular weight is 276 g/mol. The lowest BCUT2D eigenvalue weighted by atomic mass is 9.99. The second-order valence-corrected chi connectivity index (χ2v) is 5.71. The lowest BCUT2D eigenvalue weighted by Crippen LogP contribution is -2.20. The van der Waals surface area contributed by atoms with Crippen molar-refractivity contribution in [1.82, 2.24) is 10.3 Å². The van der Waals surface area contributed by atoms with Crippen molar-refractivity contribution in [3.63, 3.8) is 0 Å². The monoisotopic (exact) mass is 276 g/mol. The van der Waals surface area contributed by atoms with Gasteiger partial charge < -0.3 is 10.1 Å². The molecule has 0 saturated heterocycles. The maximum absolute atomic E-state index is 5.47. The van der Waals surface area contributed by atoms with Gasteiger partial charge in [0.25, 0.3) is 0 Å². The van der Waals surface area contributed by atoms with Crippen molar-refractivity contribution >= 4 is 11.3 Å². The van der Waals surface area contributed by atoms with Gasteiger partial charge in [-0.05, 0) is 27.0 Å². The molecule has 0 aliphatic rings. The van der Waals surface area contributed by atoms with Gasteiger partial charge in [0.15, 0.2) is 0 Å². The Morgan fingerprint density at radius 2 is 2.16 bits per heavy atom. The Hall–Kier alpha value is -1.39. The van der Waals surface area contributed by atoms with Gasteiger partial charge in [-0.1, -0.05) is 17.7 Å². The number of nitrogens with one attached hydrogen (secondary N) is 1. The van der Waals surface area contributed by atoms with Crippen molar-refractivity contribution < 1.29 is 4.74 Å². The Bertz CT molecular complexity index is 551. The Morgan fingerprint density at radius 1 is 1.37 bits per heavy atom. The first-order chi connectivity index (χ1) is 9.13. The SMILES string of the molecule is CNC(Cc1csc(C)n1)c1cc(C)ccc1OC. The fourth-order valence-corrected chi connectivity index (χ4v) is 2.83. The first kappa shape index (κ1) is 14.0. The van der Waals surface area contributed by atoms with Gasteiger partial charge in [-0.25, -0.2) is 4.98 Å². The van der Waals surface area contributed by atoms with Gasteiger partial charge in [-0.3, -0.25) is 0 Å². The number of nitrogens with zero attached hydrogens (tertiary/aromatic N) is 1. The molecule has 2 rings (SSSR count). The van der Waals surface area contributed by atoms with Crippen molar-refractivity contribution in [2.24, 2.45) is 0 Å². The molecule has 1 atom stereocenters. The van der Waals surface area contributed by atoms with Crippen LogP contribution < -0.4 is 10.1 Å². The molecule has 0 amide bonds. The summed E-state index contributed by atoms with van der Waals surface area (Å²) in [5.74, 6) is 0.928. The van der Waals surface area contributed by atoms with Crippen LogP contribution in [0.15, 0.2) is 23.6 Å². The quantitative estimate of drug-likeness (QED) is 0.910. The summed E-state index contributed by atoms with van der Waals surface area (Å²) >= 11 is 1.70. The van der Waals surface area contributed by atoms with Crippen molar-refractivity contribution in [2.75, 3.05) is 14.2 Å². The number of benzene rings is 1. The van der Waals surface area contributed by atoms with E-state index in [0.717, 1.165) is 22.9 Å². The van der Waals surface area contributed by atoms with Crippen LogP contribution >= 0.6 is 11.3 Å². The minimum Gasteiger partial charge on any atom is -0.496 e. The highest BCUT2D eigenvalue weighted by atomic mass is 32.1. The second kappa shape index (κ2) is 6.17. The number of thiazole rings is 1. The molecule has 1 N–H and O–H groups in total. The van der Waals surface area contributed by atoms with E-state index in [1.165, 1.54) is 11.1 Å². The van der Waals surface area contributed by atoms with E-state index in [1.807, 2.05) is 20.0 Å². The van der Waals surface area contributed by atoms with Gasteiger partial charge in [0.2, 0.25) is 0 Å². The number of aromatic nitrogens is 1. The lowest BCUT2D eigenvalue weighted by molar-refractivity contribution is 0.401. The van der Waals surface area contributed by atoms with Gasteiger partial charge in [-0.15, -0.1) is 11.3 Å². The molecule has 4 heteroatoms. The summed E-state index contributed by atoms with van der Waals surface area (Å²) in [4.78, 5) is 4.54. The Kier molecular flexibility index (Phi) is 4.56. The number of hydrogen-bond donors (Lipinski definition) is 1. The molecule has 1 aromatic carbocycles. The molecule has 1 unspecified atom stereocenters. The number of ether oxygens (including phenoxy) is 1. The standard InChI is InChI=1S/C15H20N2OS/c1-10-5-6-15(18-4)13(7-10)14(16-3)8-12-9-19-11(2)17-12/h5-7,9,14,16H,8H2,1-4H3. The van der Waals surface area contributed by atoms with E-state index in [2.05, 4.69) is 34.7 Å². The van der Waals surface area contributed by atoms with Gasteiger partial charge in [0, 0.05) is 23.4 Å². The molecular weight excluding hydrogens is 256 g/mol. The number of likely N-dealkylation sites (N-methyl/N-ethyl adjacent to an activating group) is 1. The minimum atomic E-state index is 0.219. The zero-order valence-corrected chi connectivity index (χ0v) is 12.7. The van der Waals surface area contributed by atoms with Gasteiger partial charge >= 0.3 is 0 Å². The highest BCUT2D eigenvalue weighted by molar-refractivity contribution is 7.09. The van der Waals surface area contributed by atoms with Crippen molar-refractivity contribution in [3.05, 3.63) is 45.4 Å². The number of hydrogen-bond acceptors (Lipinski definition) is 4. The summed E-state index contributed by atoms with van der Waals surface area (Å²) < 4.78 is 5.47. The summed E-state index contributed by atoms with van der Waals surface area (Å²) in [6, 6.07) is 6.50. The second-order valence-electron chi connectivity index (χ2n) is 4.65. The lowest BCUT2D eigenvalue weighted by Gasteiger charge is -2.19. The molecule has 0 fully saturated rings. The van der Waals surface area contributed by atoms with E-state index in [9.17, 15) is 0 Å². The van der Waals surface area contributed by atoms with Crippen LogP contribution in [0.2, 0.25) is 0 Å². The first-order valence-corrected chi connectivity index (χ1v) is 7.24. The maximum Gasteiger partial charge on any atom is 0.123 e. The van der Waals surface area contributed by atoms with E-state index < -0.39 is 0 Å². The molecule has 3 nitrogen and oxygen atoms in total. The predicted octanol–water partition coefficient (Wildman–Crippen LogP) is 3.27. The highest BCUT2D eigenvalue weighted by Crippen LogP contribution is 2.28. The Labute approximate surface area is 118 Å². The first-order valence-electron chi connectivity index (χ1n) is 6.37. The summed E-state index contributed by atoms with van der Waals surface area (Å²) in [6.45, 7) is 4.14. The number of methoxy groups -OCH3 is 1. The van der Waals surface area contributed by atoms with Crippen molar-refractivity contribution in [3.8, 4) is 5.75 Å². The topological polar surface area (TPSA) is 34.2 Å². The Balaban J connectivity index is 2.28. The third-order valence-electron chi connectivity index (χ3n) is 3.19. The third-order valence-corrected chi connectivity index (χ3v) is 4.01. The number of rotatable bonds is 5. The van der Waals surface area contributed by atoms with Gasteiger partial charge in [0.1, 0.15) is 5.75 Å². The summed E-state index contributed by atoms with van der Waals surface area (Å²) in [7, 11) is 3.69. The Morgan fingerprint density at radius 3 is 2.74 bits per heavy atom. The smallest absolute Gasteiger partial charge is 0.123 e. The molecule has 1 heterocycles. The van der Waals surface area contributed by atoms with E-state index in [-0.39, 0.29) is 6.04 Å². The van der Waals surface area contributed by atoms with Crippen molar-refractivity contribution in [2.45, 2.75) is 26.3 Å². The molecule has 0 aliphatic carbocycles. The molecule has 102 valence electrons. The minimum absolute atomic E-state index is 0.219. The zero-order chi connectivity index (χ0) is 13.8. The molecule has 0 saturated carbocycles. The van der Waals surface area contributed by atoms with Gasteiger partial charge in [-0.2, -0.15) is 0 Å². The van der Waals surface area contributed by atoms with E-state index in [0.29, 0.717) is 0 Å². The fraction of sp³-hybridized carbons (Fsp3) is 0.400. The molecule has 0 bridgehead atoms. The van der Waals surface area contributed by atoms with Crippen LogP contribution in [-0.2, 0) is 6.42 Å². The molecule has 0 spiro atoms. The molecule has 0 aliphatic heterocycles. The molecule has 0 radical (unpaired) electrons. The van der Waals surface area contributed by atoms with Crippen LogP contribution in [0, 0.1) is 13.8 Å². The van der Waals surface area contributed by atoms with Gasteiger partial charge in [0.05, 0.1) is 17.8 Å². The summed E-state index contributed by atoms with van der Waals surface area (Å²) in [5, 5.41) is 6.60. The normalized spacial score (nSPS) is 12.4. The van der Waals surface area contributed by atoms with Crippen LogP contribution in [0.3, 0.4) is 0 Å². The van der Waals surface area contributed by atoms with Crippen LogP contribution in [0.5, 0.6) is 5.75 Å². The van der Waals surface area contributed by atoms with E-state index >= 15 is 0 Å². The maximum atomic E-state index is 5.47. The largest absolute Gasteiger partial charge is 0.496 e. The average Bonchev–Trinajstić information content (AvgIpc) is 2.81. The van der Waals surface area contributed by atoms with Crippen LogP contribution in [0.1, 0.15) is 27.9 Å². The third kappa shape index (κ3) is 3.33. The number of aryl methyl sites for hydroxylation is 2. The van der Waals surface area contributed by atoms with Crippen molar-refractivity contribution in [1.29, 1.82) is 0 Å². The molecule has 1 aromatic heterocycles. The predicted molar refractivity (Wildman–Crippen MR) is 80.1 cm³/mol. The van der Waals surface area contributed by atoms with E-state index in [1.54, 1.807) is 18.4 Å². The molecular formula is C15H20N2OS.